The van der Waals surface area contributed by atoms with E-state index in [1.807, 2.05) is 42.5 Å². The monoisotopic (exact) mass is 304 g/mol. The number of methoxy groups -OCH3 is 1. The van der Waals surface area contributed by atoms with Crippen LogP contribution in [0.2, 0.25) is 0 Å². The number of halogens is 1. The number of ether oxygens (including phenoxy) is 1. The molecule has 0 heterocycles. The molecule has 0 aliphatic carbocycles. The van der Waals surface area contributed by atoms with Gasteiger partial charge in [-0.1, -0.05) is 58.4 Å². The molecule has 0 atom stereocenters. The molecule has 0 amide bonds. The van der Waals surface area contributed by atoms with Crippen LogP contribution in [0.4, 0.5) is 0 Å². The number of hydrogen-bond donors (Lipinski definition) is 0. The van der Waals surface area contributed by atoms with Crippen LogP contribution in [-0.4, -0.2) is 13.1 Å². The minimum absolute atomic E-state index is 0.219. The van der Waals surface area contributed by atoms with E-state index in [2.05, 4.69) is 26.7 Å². The topological polar surface area (TPSA) is 26.3 Å². The van der Waals surface area contributed by atoms with Gasteiger partial charge in [-0.3, -0.25) is 4.79 Å². The fraction of sp³-hybridized carbons (Fsp3) is 0.133. The SMILES string of the molecule is COC(=O)Cc1ccc(-c2ccccc2Br)cc1. The highest BCUT2D eigenvalue weighted by Gasteiger charge is 2.05. The number of hydrogen-bond acceptors (Lipinski definition) is 2. The van der Waals surface area contributed by atoms with Crippen LogP contribution in [0, 0.1) is 0 Å². The van der Waals surface area contributed by atoms with Crippen molar-refractivity contribution in [2.75, 3.05) is 7.11 Å². The van der Waals surface area contributed by atoms with Gasteiger partial charge < -0.3 is 4.74 Å². The lowest BCUT2D eigenvalue weighted by Crippen LogP contribution is -2.04. The van der Waals surface area contributed by atoms with Gasteiger partial charge in [-0.25, -0.2) is 0 Å². The Morgan fingerprint density at radius 1 is 1.11 bits per heavy atom. The number of rotatable bonds is 3. The van der Waals surface area contributed by atoms with Crippen LogP contribution in [-0.2, 0) is 16.0 Å². The molecule has 2 nitrogen and oxygen atoms in total. The van der Waals surface area contributed by atoms with Crippen molar-refractivity contribution in [3.63, 3.8) is 0 Å². The average molecular weight is 305 g/mol. The van der Waals surface area contributed by atoms with Crippen molar-refractivity contribution >= 4 is 21.9 Å². The zero-order valence-electron chi connectivity index (χ0n) is 10.0. The van der Waals surface area contributed by atoms with Crippen LogP contribution >= 0.6 is 15.9 Å². The van der Waals surface area contributed by atoms with E-state index in [9.17, 15) is 4.79 Å². The molecular formula is C15H13BrO2. The van der Waals surface area contributed by atoms with Gasteiger partial charge >= 0.3 is 5.97 Å². The molecule has 0 aromatic heterocycles. The fourth-order valence-electron chi connectivity index (χ4n) is 1.74. The van der Waals surface area contributed by atoms with E-state index in [0.717, 1.165) is 21.2 Å². The maximum atomic E-state index is 11.2. The molecule has 0 radical (unpaired) electrons. The Balaban J connectivity index is 2.23. The maximum absolute atomic E-state index is 11.2. The summed E-state index contributed by atoms with van der Waals surface area (Å²) >= 11 is 3.53. The molecule has 0 unspecified atom stereocenters. The zero-order chi connectivity index (χ0) is 13.0. The summed E-state index contributed by atoms with van der Waals surface area (Å²) < 4.78 is 5.70. The molecule has 0 bridgehead atoms. The highest BCUT2D eigenvalue weighted by molar-refractivity contribution is 9.10. The molecule has 2 rings (SSSR count). The first kappa shape index (κ1) is 12.8. The second-order valence-corrected chi connectivity index (χ2v) is 4.78. The maximum Gasteiger partial charge on any atom is 0.309 e. The van der Waals surface area contributed by atoms with Crippen LogP contribution in [0.15, 0.2) is 53.0 Å². The van der Waals surface area contributed by atoms with E-state index in [-0.39, 0.29) is 5.97 Å². The highest BCUT2D eigenvalue weighted by atomic mass is 79.9. The second kappa shape index (κ2) is 5.83. The first-order valence-corrected chi connectivity index (χ1v) is 6.40. The summed E-state index contributed by atoms with van der Waals surface area (Å²) in [5.74, 6) is -0.219. The quantitative estimate of drug-likeness (QED) is 0.806. The zero-order valence-corrected chi connectivity index (χ0v) is 11.6. The smallest absolute Gasteiger partial charge is 0.309 e. The summed E-state index contributed by atoms with van der Waals surface area (Å²) in [6.45, 7) is 0. The highest BCUT2D eigenvalue weighted by Crippen LogP contribution is 2.27. The van der Waals surface area contributed by atoms with Gasteiger partial charge in [0.05, 0.1) is 13.5 Å². The van der Waals surface area contributed by atoms with E-state index < -0.39 is 0 Å². The van der Waals surface area contributed by atoms with Crippen molar-refractivity contribution in [2.45, 2.75) is 6.42 Å². The summed E-state index contributed by atoms with van der Waals surface area (Å²) in [6, 6.07) is 16.0. The van der Waals surface area contributed by atoms with Crippen molar-refractivity contribution in [2.24, 2.45) is 0 Å². The van der Waals surface area contributed by atoms with E-state index in [1.54, 1.807) is 0 Å². The third-order valence-electron chi connectivity index (χ3n) is 2.71. The van der Waals surface area contributed by atoms with Crippen molar-refractivity contribution in [3.8, 4) is 11.1 Å². The Kier molecular flexibility index (Phi) is 4.15. The minimum Gasteiger partial charge on any atom is -0.469 e. The summed E-state index contributed by atoms with van der Waals surface area (Å²) in [7, 11) is 1.40. The molecule has 18 heavy (non-hydrogen) atoms. The molecule has 0 fully saturated rings. The molecule has 0 N–H and O–H groups in total. The Bertz CT molecular complexity index is 547. The van der Waals surface area contributed by atoms with E-state index in [0.29, 0.717) is 6.42 Å². The molecule has 2 aromatic carbocycles. The predicted octanol–water partition coefficient (Wildman–Crippen LogP) is 3.83. The van der Waals surface area contributed by atoms with Gasteiger partial charge in [0.25, 0.3) is 0 Å². The van der Waals surface area contributed by atoms with Gasteiger partial charge in [0.2, 0.25) is 0 Å². The lowest BCUT2D eigenvalue weighted by Gasteiger charge is -2.06. The molecule has 92 valence electrons. The summed E-state index contributed by atoms with van der Waals surface area (Å²) in [5, 5.41) is 0. The predicted molar refractivity (Wildman–Crippen MR) is 75.3 cm³/mol. The van der Waals surface area contributed by atoms with Crippen LogP contribution in [0.1, 0.15) is 5.56 Å². The van der Waals surface area contributed by atoms with Crippen molar-refractivity contribution in [1.82, 2.24) is 0 Å². The van der Waals surface area contributed by atoms with E-state index >= 15 is 0 Å². The minimum atomic E-state index is -0.219. The third kappa shape index (κ3) is 2.99. The first-order valence-electron chi connectivity index (χ1n) is 5.61. The number of esters is 1. The van der Waals surface area contributed by atoms with Gasteiger partial charge in [-0.05, 0) is 22.8 Å². The molecule has 2 aromatic rings. The Hall–Kier alpha value is -1.61. The molecular weight excluding hydrogens is 292 g/mol. The van der Waals surface area contributed by atoms with Crippen LogP contribution in [0.25, 0.3) is 11.1 Å². The molecule has 0 aliphatic heterocycles. The number of benzene rings is 2. The summed E-state index contributed by atoms with van der Waals surface area (Å²) in [4.78, 5) is 11.2. The Morgan fingerprint density at radius 2 is 1.78 bits per heavy atom. The van der Waals surface area contributed by atoms with Crippen LogP contribution in [0.3, 0.4) is 0 Å². The van der Waals surface area contributed by atoms with Gasteiger partial charge in [0, 0.05) is 4.47 Å². The summed E-state index contributed by atoms with van der Waals surface area (Å²) in [5.41, 5.74) is 3.22. The lowest BCUT2D eigenvalue weighted by molar-refractivity contribution is -0.139. The molecule has 0 saturated carbocycles. The Morgan fingerprint density at radius 3 is 2.39 bits per heavy atom. The van der Waals surface area contributed by atoms with Crippen LogP contribution < -0.4 is 0 Å². The second-order valence-electron chi connectivity index (χ2n) is 3.93. The molecule has 0 spiro atoms. The molecule has 0 aliphatic rings. The number of carbonyl (C=O) groups excluding carboxylic acids is 1. The number of carbonyl (C=O) groups is 1. The Labute approximate surface area is 115 Å². The first-order chi connectivity index (χ1) is 8.70. The summed E-state index contributed by atoms with van der Waals surface area (Å²) in [6.07, 6.45) is 0.312. The van der Waals surface area contributed by atoms with Crippen molar-refractivity contribution in [3.05, 3.63) is 58.6 Å². The van der Waals surface area contributed by atoms with Crippen LogP contribution in [0.5, 0.6) is 0 Å². The van der Waals surface area contributed by atoms with Gasteiger partial charge in [0.15, 0.2) is 0 Å². The average Bonchev–Trinajstić information content (AvgIpc) is 2.40. The van der Waals surface area contributed by atoms with E-state index in [1.165, 1.54) is 7.11 Å². The van der Waals surface area contributed by atoms with Gasteiger partial charge in [-0.15, -0.1) is 0 Å². The van der Waals surface area contributed by atoms with E-state index in [4.69, 9.17) is 0 Å². The van der Waals surface area contributed by atoms with Gasteiger partial charge in [-0.2, -0.15) is 0 Å². The molecule has 0 saturated heterocycles. The standard InChI is InChI=1S/C15H13BrO2/c1-18-15(17)10-11-6-8-12(9-7-11)13-4-2-3-5-14(13)16/h2-9H,10H2,1H3. The lowest BCUT2D eigenvalue weighted by atomic mass is 10.0. The molecule has 3 heteroatoms. The van der Waals surface area contributed by atoms with Crippen molar-refractivity contribution < 1.29 is 9.53 Å². The largest absolute Gasteiger partial charge is 0.469 e. The fourth-order valence-corrected chi connectivity index (χ4v) is 2.25. The van der Waals surface area contributed by atoms with Crippen molar-refractivity contribution in [1.29, 1.82) is 0 Å². The third-order valence-corrected chi connectivity index (χ3v) is 3.41. The normalized spacial score (nSPS) is 10.1. The van der Waals surface area contributed by atoms with Gasteiger partial charge in [0.1, 0.15) is 0 Å².